The van der Waals surface area contributed by atoms with Crippen molar-refractivity contribution in [3.63, 3.8) is 0 Å². The van der Waals surface area contributed by atoms with Crippen LogP contribution in [0.2, 0.25) is 0 Å². The van der Waals surface area contributed by atoms with Crippen molar-refractivity contribution in [2.45, 2.75) is 50.0 Å². The number of amides is 1. The van der Waals surface area contributed by atoms with Crippen molar-refractivity contribution in [2.24, 2.45) is 10.2 Å². The van der Waals surface area contributed by atoms with Crippen molar-refractivity contribution in [1.82, 2.24) is 5.32 Å². The Morgan fingerprint density at radius 2 is 1.96 bits per heavy atom. The monoisotopic (exact) mass is 355 g/mol. The molecule has 2 heterocycles. The number of carbonyl (C=O) groups excluding carboxylic acids is 1. The molecular weight excluding hydrogens is 330 g/mol. The van der Waals surface area contributed by atoms with Crippen molar-refractivity contribution < 1.29 is 14.3 Å². The van der Waals surface area contributed by atoms with Crippen LogP contribution >= 0.6 is 0 Å². The average molecular weight is 355 g/mol. The topological polar surface area (TPSA) is 72.3 Å². The number of hydrogen-bond acceptors (Lipinski definition) is 5. The molecule has 0 spiro atoms. The Morgan fingerprint density at radius 1 is 1.23 bits per heavy atom. The lowest BCUT2D eigenvalue weighted by atomic mass is 9.92. The van der Waals surface area contributed by atoms with Gasteiger partial charge in [-0.05, 0) is 5.56 Å². The summed E-state index contributed by atoms with van der Waals surface area (Å²) < 4.78 is 11.5. The molecule has 0 radical (unpaired) electrons. The second kappa shape index (κ2) is 8.43. The maximum atomic E-state index is 12.9. The van der Waals surface area contributed by atoms with Gasteiger partial charge in [-0.3, -0.25) is 4.79 Å². The van der Waals surface area contributed by atoms with Crippen LogP contribution < -0.4 is 5.32 Å². The van der Waals surface area contributed by atoms with Crippen LogP contribution in [-0.4, -0.2) is 36.9 Å². The molecule has 0 aromatic heterocycles. The van der Waals surface area contributed by atoms with Gasteiger partial charge in [-0.15, -0.1) is 12.3 Å². The van der Waals surface area contributed by atoms with Crippen LogP contribution in [0.4, 0.5) is 0 Å². The van der Waals surface area contributed by atoms with E-state index in [1.54, 1.807) is 0 Å². The predicted molar refractivity (Wildman–Crippen MR) is 97.3 cm³/mol. The quantitative estimate of drug-likeness (QED) is 0.692. The molecule has 1 amide bonds. The van der Waals surface area contributed by atoms with Gasteiger partial charge in [-0.2, -0.15) is 10.2 Å². The number of terminal acetylenes is 1. The van der Waals surface area contributed by atoms with Crippen LogP contribution in [0.1, 0.15) is 37.7 Å². The third-order valence-electron chi connectivity index (χ3n) is 4.94. The minimum absolute atomic E-state index is 0.0792. The molecule has 0 aliphatic carbocycles. The molecule has 6 heteroatoms. The third kappa shape index (κ3) is 4.69. The first-order valence-electron chi connectivity index (χ1n) is 9.10. The van der Waals surface area contributed by atoms with Crippen LogP contribution in [-0.2, 0) is 20.9 Å². The molecule has 0 saturated carbocycles. The van der Waals surface area contributed by atoms with Gasteiger partial charge in [0.1, 0.15) is 0 Å². The SMILES string of the molecule is C#CCCC1(CCNC(=O)C2(OCc3ccccc3)CCOCC2)N=N1. The van der Waals surface area contributed by atoms with Gasteiger partial charge >= 0.3 is 0 Å². The number of carbonyl (C=O) groups is 1. The summed E-state index contributed by atoms with van der Waals surface area (Å²) in [5, 5.41) is 11.2. The molecule has 1 aromatic rings. The Labute approximate surface area is 154 Å². The Hall–Kier alpha value is -2.23. The second-order valence-corrected chi connectivity index (χ2v) is 6.77. The fraction of sp³-hybridized carbons (Fsp3) is 0.550. The largest absolute Gasteiger partial charge is 0.381 e. The van der Waals surface area contributed by atoms with Crippen LogP contribution in [0.25, 0.3) is 0 Å². The fourth-order valence-corrected chi connectivity index (χ4v) is 3.14. The number of ether oxygens (including phenoxy) is 2. The molecule has 26 heavy (non-hydrogen) atoms. The van der Waals surface area contributed by atoms with E-state index in [1.807, 2.05) is 30.3 Å². The smallest absolute Gasteiger partial charge is 0.252 e. The number of hydrogen-bond donors (Lipinski definition) is 1. The first kappa shape index (κ1) is 18.6. The van der Waals surface area contributed by atoms with Crippen molar-refractivity contribution in [2.75, 3.05) is 19.8 Å². The van der Waals surface area contributed by atoms with Crippen LogP contribution in [0.3, 0.4) is 0 Å². The van der Waals surface area contributed by atoms with Gasteiger partial charge in [-0.1, -0.05) is 30.3 Å². The maximum Gasteiger partial charge on any atom is 0.252 e. The zero-order valence-corrected chi connectivity index (χ0v) is 14.9. The maximum absolute atomic E-state index is 12.9. The van der Waals surface area contributed by atoms with E-state index in [4.69, 9.17) is 15.9 Å². The highest BCUT2D eigenvalue weighted by molar-refractivity contribution is 5.85. The number of nitrogens with one attached hydrogen (secondary N) is 1. The summed E-state index contributed by atoms with van der Waals surface area (Å²) in [6.07, 6.45) is 8.47. The van der Waals surface area contributed by atoms with Gasteiger partial charge in [0.05, 0.1) is 6.61 Å². The summed E-state index contributed by atoms with van der Waals surface area (Å²) in [4.78, 5) is 12.9. The number of benzene rings is 1. The lowest BCUT2D eigenvalue weighted by Crippen LogP contribution is -2.52. The molecule has 1 saturated heterocycles. The Bertz CT molecular complexity index is 669. The summed E-state index contributed by atoms with van der Waals surface area (Å²) in [6.45, 7) is 1.97. The summed E-state index contributed by atoms with van der Waals surface area (Å²) in [7, 11) is 0. The normalized spacial score (nSPS) is 19.5. The van der Waals surface area contributed by atoms with Gasteiger partial charge in [0.2, 0.25) is 0 Å². The summed E-state index contributed by atoms with van der Waals surface area (Å²) >= 11 is 0. The first-order valence-corrected chi connectivity index (χ1v) is 9.10. The third-order valence-corrected chi connectivity index (χ3v) is 4.94. The van der Waals surface area contributed by atoms with E-state index in [2.05, 4.69) is 21.5 Å². The molecule has 0 unspecified atom stereocenters. The minimum atomic E-state index is -0.835. The summed E-state index contributed by atoms with van der Waals surface area (Å²) in [6, 6.07) is 9.89. The Balaban J connectivity index is 1.53. The van der Waals surface area contributed by atoms with E-state index >= 15 is 0 Å². The molecule has 3 rings (SSSR count). The van der Waals surface area contributed by atoms with Gasteiger partial charge in [0, 0.05) is 51.9 Å². The highest BCUT2D eigenvalue weighted by Gasteiger charge is 2.43. The van der Waals surface area contributed by atoms with Crippen LogP contribution in [0, 0.1) is 12.3 Å². The highest BCUT2D eigenvalue weighted by atomic mass is 16.5. The van der Waals surface area contributed by atoms with Crippen molar-refractivity contribution >= 4 is 5.91 Å². The summed E-state index contributed by atoms with van der Waals surface area (Å²) in [5.74, 6) is 2.53. The van der Waals surface area contributed by atoms with Gasteiger partial charge < -0.3 is 14.8 Å². The molecule has 1 aromatic carbocycles. The molecule has 2 aliphatic heterocycles. The van der Waals surface area contributed by atoms with Crippen molar-refractivity contribution in [1.29, 1.82) is 0 Å². The van der Waals surface area contributed by atoms with Crippen molar-refractivity contribution in [3.05, 3.63) is 35.9 Å². The van der Waals surface area contributed by atoms with E-state index in [0.29, 0.717) is 52.0 Å². The number of nitrogens with zero attached hydrogens (tertiary/aromatic N) is 2. The molecule has 1 fully saturated rings. The lowest BCUT2D eigenvalue weighted by Gasteiger charge is -2.35. The average Bonchev–Trinajstić information content (AvgIpc) is 3.46. The predicted octanol–water partition coefficient (Wildman–Crippen LogP) is 2.83. The molecular formula is C20H25N3O3. The number of rotatable bonds is 9. The molecule has 0 atom stereocenters. The zero-order chi connectivity index (χ0) is 18.3. The minimum Gasteiger partial charge on any atom is -0.381 e. The van der Waals surface area contributed by atoms with Crippen LogP contribution in [0.15, 0.2) is 40.6 Å². The van der Waals surface area contributed by atoms with Crippen molar-refractivity contribution in [3.8, 4) is 12.3 Å². The molecule has 138 valence electrons. The molecule has 2 aliphatic rings. The van der Waals surface area contributed by atoms with Gasteiger partial charge in [0.25, 0.3) is 5.91 Å². The fourth-order valence-electron chi connectivity index (χ4n) is 3.14. The Kier molecular flexibility index (Phi) is 6.02. The molecule has 1 N–H and O–H groups in total. The molecule has 6 nitrogen and oxygen atoms in total. The first-order chi connectivity index (χ1) is 12.7. The van der Waals surface area contributed by atoms with Gasteiger partial charge in [-0.25, -0.2) is 0 Å². The van der Waals surface area contributed by atoms with Crippen LogP contribution in [0.5, 0.6) is 0 Å². The molecule has 0 bridgehead atoms. The van der Waals surface area contributed by atoms with E-state index in [0.717, 1.165) is 12.0 Å². The van der Waals surface area contributed by atoms with E-state index in [-0.39, 0.29) is 11.6 Å². The van der Waals surface area contributed by atoms with E-state index < -0.39 is 5.60 Å². The Morgan fingerprint density at radius 3 is 2.62 bits per heavy atom. The second-order valence-electron chi connectivity index (χ2n) is 6.77. The van der Waals surface area contributed by atoms with Gasteiger partial charge in [0.15, 0.2) is 11.3 Å². The van der Waals surface area contributed by atoms with E-state index in [9.17, 15) is 4.79 Å². The van der Waals surface area contributed by atoms with E-state index in [1.165, 1.54) is 0 Å². The lowest BCUT2D eigenvalue weighted by molar-refractivity contribution is -0.163. The standard InChI is InChI=1S/C20H25N3O3/c1-2-3-9-20(22-23-20)10-13-21-18(24)19(11-14-25-15-12-19)26-16-17-7-5-4-6-8-17/h1,4-8H,3,9-16H2,(H,21,24). The highest BCUT2D eigenvalue weighted by Crippen LogP contribution is 2.36. The zero-order valence-electron chi connectivity index (χ0n) is 14.9. The summed E-state index contributed by atoms with van der Waals surface area (Å²) in [5.41, 5.74) is -0.166.